The van der Waals surface area contributed by atoms with E-state index < -0.39 is 0 Å². The van der Waals surface area contributed by atoms with Crippen molar-refractivity contribution in [3.63, 3.8) is 0 Å². The fraction of sp³-hybridized carbons (Fsp3) is 0.231. The summed E-state index contributed by atoms with van der Waals surface area (Å²) in [6, 6.07) is 9.51. The molecule has 80 valence electrons. The Morgan fingerprint density at radius 2 is 2.00 bits per heavy atom. The van der Waals surface area contributed by atoms with Crippen LogP contribution in [-0.2, 0) is 11.3 Å². The van der Waals surface area contributed by atoms with Gasteiger partial charge in [0.15, 0.2) is 5.78 Å². The van der Waals surface area contributed by atoms with Crippen molar-refractivity contribution in [3.8, 4) is 6.07 Å². The molecule has 1 aliphatic rings. The molecule has 1 N–H and O–H groups in total. The van der Waals surface area contributed by atoms with Crippen LogP contribution in [-0.4, -0.2) is 5.78 Å². The van der Waals surface area contributed by atoms with Crippen molar-refractivity contribution in [1.82, 2.24) is 5.32 Å². The second-order valence-electron chi connectivity index (χ2n) is 3.80. The van der Waals surface area contributed by atoms with E-state index in [1.807, 2.05) is 12.1 Å². The summed E-state index contributed by atoms with van der Waals surface area (Å²) in [6.07, 6.45) is 3.11. The predicted molar refractivity (Wildman–Crippen MR) is 60.3 cm³/mol. The number of nitrogens with one attached hydrogen (secondary N) is 1. The molecule has 1 aromatic carbocycles. The number of carbonyl (C=O) groups is 1. The normalized spacial score (nSPS) is 14.4. The average molecular weight is 212 g/mol. The van der Waals surface area contributed by atoms with Gasteiger partial charge in [-0.2, -0.15) is 5.26 Å². The second kappa shape index (κ2) is 4.63. The molecule has 0 saturated heterocycles. The Bertz CT molecular complexity index is 466. The molecule has 16 heavy (non-hydrogen) atoms. The van der Waals surface area contributed by atoms with Crippen molar-refractivity contribution in [1.29, 1.82) is 5.26 Å². The van der Waals surface area contributed by atoms with Crippen LogP contribution in [0.4, 0.5) is 0 Å². The first-order chi connectivity index (χ1) is 7.78. The van der Waals surface area contributed by atoms with E-state index in [-0.39, 0.29) is 5.78 Å². The molecule has 0 fully saturated rings. The smallest absolute Gasteiger partial charge is 0.157 e. The summed E-state index contributed by atoms with van der Waals surface area (Å²) in [6.45, 7) is 0.699. The summed E-state index contributed by atoms with van der Waals surface area (Å²) < 4.78 is 0. The van der Waals surface area contributed by atoms with Gasteiger partial charge in [0.1, 0.15) is 0 Å². The molecular formula is C13H12N2O. The highest BCUT2D eigenvalue weighted by molar-refractivity contribution is 5.92. The zero-order valence-electron chi connectivity index (χ0n) is 8.86. The zero-order valence-corrected chi connectivity index (χ0v) is 8.86. The highest BCUT2D eigenvalue weighted by atomic mass is 16.1. The number of nitriles is 1. The van der Waals surface area contributed by atoms with Gasteiger partial charge in [-0.05, 0) is 24.1 Å². The van der Waals surface area contributed by atoms with E-state index in [2.05, 4.69) is 11.4 Å². The lowest BCUT2D eigenvalue weighted by Crippen LogP contribution is -2.10. The fourth-order valence-corrected chi connectivity index (χ4v) is 1.65. The zero-order chi connectivity index (χ0) is 11.4. The van der Waals surface area contributed by atoms with Gasteiger partial charge in [0.05, 0.1) is 11.6 Å². The van der Waals surface area contributed by atoms with E-state index in [4.69, 9.17) is 5.26 Å². The van der Waals surface area contributed by atoms with Crippen LogP contribution in [0.25, 0.3) is 0 Å². The fourth-order valence-electron chi connectivity index (χ4n) is 1.65. The quantitative estimate of drug-likeness (QED) is 0.832. The van der Waals surface area contributed by atoms with E-state index in [1.54, 1.807) is 18.2 Å². The van der Waals surface area contributed by atoms with Crippen molar-refractivity contribution in [2.24, 2.45) is 0 Å². The third kappa shape index (κ3) is 2.48. The molecule has 0 amide bonds. The molecule has 0 heterocycles. The number of rotatable bonds is 3. The molecule has 1 aliphatic carbocycles. The summed E-state index contributed by atoms with van der Waals surface area (Å²) in [5, 5.41) is 11.9. The molecule has 0 saturated carbocycles. The van der Waals surface area contributed by atoms with Crippen molar-refractivity contribution < 1.29 is 4.79 Å². The largest absolute Gasteiger partial charge is 0.384 e. The average Bonchev–Trinajstić information content (AvgIpc) is 2.73. The molecule has 2 rings (SSSR count). The third-order valence-electron chi connectivity index (χ3n) is 2.58. The van der Waals surface area contributed by atoms with E-state index in [0.717, 1.165) is 17.7 Å². The minimum atomic E-state index is 0.197. The van der Waals surface area contributed by atoms with E-state index >= 15 is 0 Å². The van der Waals surface area contributed by atoms with Gasteiger partial charge in [0, 0.05) is 24.7 Å². The number of carbonyl (C=O) groups excluding carboxylic acids is 1. The summed E-state index contributed by atoms with van der Waals surface area (Å²) in [7, 11) is 0. The first kappa shape index (κ1) is 10.4. The molecule has 3 heteroatoms. The van der Waals surface area contributed by atoms with Gasteiger partial charge in [-0.1, -0.05) is 12.1 Å². The Labute approximate surface area is 94.4 Å². The third-order valence-corrected chi connectivity index (χ3v) is 2.58. The van der Waals surface area contributed by atoms with Crippen molar-refractivity contribution >= 4 is 5.78 Å². The topological polar surface area (TPSA) is 52.9 Å². The van der Waals surface area contributed by atoms with Gasteiger partial charge in [0.2, 0.25) is 0 Å². The van der Waals surface area contributed by atoms with Gasteiger partial charge < -0.3 is 5.32 Å². The van der Waals surface area contributed by atoms with E-state index in [0.29, 0.717) is 18.5 Å². The molecule has 3 nitrogen and oxygen atoms in total. The molecule has 1 aromatic rings. The molecular weight excluding hydrogens is 200 g/mol. The first-order valence-electron chi connectivity index (χ1n) is 5.24. The minimum absolute atomic E-state index is 0.197. The second-order valence-corrected chi connectivity index (χ2v) is 3.80. The summed E-state index contributed by atoms with van der Waals surface area (Å²) >= 11 is 0. The molecule has 0 bridgehead atoms. The Balaban J connectivity index is 1.93. The summed E-state index contributed by atoms with van der Waals surface area (Å²) in [5.41, 5.74) is 2.78. The lowest BCUT2D eigenvalue weighted by molar-refractivity contribution is -0.114. The first-order valence-corrected chi connectivity index (χ1v) is 5.24. The molecule has 0 aromatic heterocycles. The van der Waals surface area contributed by atoms with Crippen LogP contribution in [0.3, 0.4) is 0 Å². The van der Waals surface area contributed by atoms with Crippen LogP contribution in [0.2, 0.25) is 0 Å². The number of allylic oxidation sites excluding steroid dienone is 2. The highest BCUT2D eigenvalue weighted by Crippen LogP contribution is 2.12. The maximum Gasteiger partial charge on any atom is 0.157 e. The molecule has 0 atom stereocenters. The summed E-state index contributed by atoms with van der Waals surface area (Å²) in [4.78, 5) is 11.0. The number of hydrogen-bond acceptors (Lipinski definition) is 3. The number of ketones is 1. The monoisotopic (exact) mass is 212 g/mol. The van der Waals surface area contributed by atoms with E-state index in [1.165, 1.54) is 0 Å². The van der Waals surface area contributed by atoms with Gasteiger partial charge in [-0.15, -0.1) is 0 Å². The van der Waals surface area contributed by atoms with Gasteiger partial charge in [-0.25, -0.2) is 0 Å². The van der Waals surface area contributed by atoms with Crippen molar-refractivity contribution in [3.05, 3.63) is 47.2 Å². The van der Waals surface area contributed by atoms with Crippen LogP contribution >= 0.6 is 0 Å². The molecule has 0 spiro atoms. The highest BCUT2D eigenvalue weighted by Gasteiger charge is 2.10. The van der Waals surface area contributed by atoms with Crippen LogP contribution in [0, 0.1) is 11.3 Å². The minimum Gasteiger partial charge on any atom is -0.384 e. The predicted octanol–water partition coefficient (Wildman–Crippen LogP) is 1.89. The van der Waals surface area contributed by atoms with Crippen LogP contribution < -0.4 is 5.32 Å². The lowest BCUT2D eigenvalue weighted by Gasteiger charge is -2.06. The van der Waals surface area contributed by atoms with Crippen molar-refractivity contribution in [2.45, 2.75) is 19.4 Å². The molecule has 0 unspecified atom stereocenters. The van der Waals surface area contributed by atoms with Gasteiger partial charge in [-0.3, -0.25) is 4.79 Å². The Kier molecular flexibility index (Phi) is 3.02. The number of hydrogen-bond donors (Lipinski definition) is 1. The number of benzene rings is 1. The lowest BCUT2D eigenvalue weighted by atomic mass is 10.1. The summed E-state index contributed by atoms with van der Waals surface area (Å²) in [5.74, 6) is 0.197. The standard InChI is InChI=1S/C13H12N2O/c14-8-10-1-3-11(4-2-10)9-15-12-5-6-13(16)7-12/h1-4,7,15H,5-6,9H2. The van der Waals surface area contributed by atoms with Crippen molar-refractivity contribution in [2.75, 3.05) is 0 Å². The Morgan fingerprint density at radius 3 is 2.56 bits per heavy atom. The molecule has 0 radical (unpaired) electrons. The van der Waals surface area contributed by atoms with E-state index in [9.17, 15) is 4.79 Å². The van der Waals surface area contributed by atoms with Crippen LogP contribution in [0.1, 0.15) is 24.0 Å². The van der Waals surface area contributed by atoms with Gasteiger partial charge >= 0.3 is 0 Å². The Morgan fingerprint density at radius 1 is 1.25 bits per heavy atom. The maximum atomic E-state index is 11.0. The number of nitrogens with zero attached hydrogens (tertiary/aromatic N) is 1. The van der Waals surface area contributed by atoms with Crippen LogP contribution in [0.15, 0.2) is 36.0 Å². The SMILES string of the molecule is N#Cc1ccc(CNC2=CC(=O)CC2)cc1. The molecule has 0 aliphatic heterocycles. The maximum absolute atomic E-state index is 11.0. The van der Waals surface area contributed by atoms with Gasteiger partial charge in [0.25, 0.3) is 0 Å². The Hall–Kier alpha value is -2.08. The van der Waals surface area contributed by atoms with Crippen LogP contribution in [0.5, 0.6) is 0 Å².